The number of benzene rings is 1. The van der Waals surface area contributed by atoms with E-state index in [9.17, 15) is 40.0 Å². The Morgan fingerprint density at radius 3 is 2.44 bits per heavy atom. The van der Waals surface area contributed by atoms with Gasteiger partial charge in [-0.25, -0.2) is 17.9 Å². The van der Waals surface area contributed by atoms with Crippen LogP contribution in [0.2, 0.25) is 0 Å². The van der Waals surface area contributed by atoms with E-state index in [2.05, 4.69) is 15.2 Å². The molecule has 1 fully saturated rings. The molecule has 1 N–H and O–H groups in total. The minimum atomic E-state index is -4.86. The first-order valence-electron chi connectivity index (χ1n) is 12.7. The van der Waals surface area contributed by atoms with Crippen molar-refractivity contribution in [2.75, 3.05) is 9.62 Å². The topological polar surface area (TPSA) is 120 Å². The Kier molecular flexibility index (Phi) is 8.01. The maximum absolute atomic E-state index is 13.9. The van der Waals surface area contributed by atoms with Crippen molar-refractivity contribution in [3.63, 3.8) is 0 Å². The molecule has 1 aliphatic carbocycles. The van der Waals surface area contributed by atoms with E-state index in [4.69, 9.17) is 4.74 Å². The van der Waals surface area contributed by atoms with Gasteiger partial charge in [0.2, 0.25) is 5.60 Å². The minimum absolute atomic E-state index is 0.0143. The van der Waals surface area contributed by atoms with Gasteiger partial charge in [-0.15, -0.1) is 0 Å². The third kappa shape index (κ3) is 6.26. The lowest BCUT2D eigenvalue weighted by atomic mass is 10.0. The second kappa shape index (κ2) is 10.8. The number of Topliss-reactive ketones (excluding diaryl/α,β-unsaturated/α-hetero) is 1. The normalized spacial score (nSPS) is 19.5. The molecule has 41 heavy (non-hydrogen) atoms. The van der Waals surface area contributed by atoms with Crippen molar-refractivity contribution in [1.82, 2.24) is 9.78 Å². The Hall–Kier alpha value is -3.43. The highest BCUT2D eigenvalue weighted by Crippen LogP contribution is 2.43. The van der Waals surface area contributed by atoms with Crippen molar-refractivity contribution in [2.24, 2.45) is 5.92 Å². The molecular weight excluding hydrogens is 579 g/mol. The third-order valence-electron chi connectivity index (χ3n) is 6.98. The Balaban J connectivity index is 1.70. The van der Waals surface area contributed by atoms with Gasteiger partial charge in [0.15, 0.2) is 0 Å². The smallest absolute Gasteiger partial charge is 0.427 e. The monoisotopic (exact) mass is 608 g/mol. The molecule has 0 unspecified atom stereocenters. The van der Waals surface area contributed by atoms with E-state index >= 15 is 0 Å². The number of hydrogen-bond donors (Lipinski definition) is 1. The summed E-state index contributed by atoms with van der Waals surface area (Å²) in [6, 6.07) is 2.77. The first kappa shape index (κ1) is 30.5. The molecule has 2 aliphatic rings. The number of rotatable bonds is 9. The lowest BCUT2D eigenvalue weighted by Gasteiger charge is -2.41. The average Bonchev–Trinajstić information content (AvgIpc) is 3.62. The van der Waals surface area contributed by atoms with E-state index in [1.807, 2.05) is 0 Å². The van der Waals surface area contributed by atoms with Crippen LogP contribution in [-0.2, 0) is 19.6 Å². The predicted molar refractivity (Wildman–Crippen MR) is 135 cm³/mol. The fourth-order valence-electron chi connectivity index (χ4n) is 4.40. The number of aromatic nitrogens is 2. The zero-order chi connectivity index (χ0) is 30.5. The summed E-state index contributed by atoms with van der Waals surface area (Å²) in [6.45, 7) is 0.995. The Morgan fingerprint density at radius 2 is 1.88 bits per heavy atom. The summed E-state index contributed by atoms with van der Waals surface area (Å²) in [4.78, 5) is 24.1. The zero-order valence-electron chi connectivity index (χ0n) is 22.5. The lowest BCUT2D eigenvalue weighted by molar-refractivity contribution is -0.242. The Bertz CT molecular complexity index is 1440. The van der Waals surface area contributed by atoms with Gasteiger partial charge in [0, 0.05) is 18.0 Å². The van der Waals surface area contributed by atoms with Gasteiger partial charge in [-0.2, -0.15) is 27.1 Å². The van der Waals surface area contributed by atoms with Gasteiger partial charge in [0.25, 0.3) is 10.0 Å². The number of sulfonamides is 1. The molecule has 16 heteroatoms. The molecule has 1 saturated carbocycles. The van der Waals surface area contributed by atoms with E-state index in [0.29, 0.717) is 20.0 Å². The second-order valence-electron chi connectivity index (χ2n) is 10.5. The van der Waals surface area contributed by atoms with E-state index in [1.54, 1.807) is 0 Å². The van der Waals surface area contributed by atoms with Gasteiger partial charge in [-0.05, 0) is 65.2 Å². The van der Waals surface area contributed by atoms with Crippen molar-refractivity contribution >= 4 is 33.3 Å². The molecule has 2 heterocycles. The van der Waals surface area contributed by atoms with Crippen LogP contribution >= 0.6 is 0 Å². The fourth-order valence-corrected chi connectivity index (χ4v) is 6.24. The number of fused-ring (bicyclic) bond motifs is 1. The number of nitrogens with zero attached hydrogens (tertiary/aromatic N) is 3. The van der Waals surface area contributed by atoms with Crippen molar-refractivity contribution < 1.29 is 49.4 Å². The van der Waals surface area contributed by atoms with Crippen molar-refractivity contribution in [2.45, 2.75) is 88.7 Å². The van der Waals surface area contributed by atoms with Crippen molar-refractivity contribution in [3.05, 3.63) is 30.1 Å². The van der Waals surface area contributed by atoms with E-state index in [0.717, 1.165) is 23.2 Å². The van der Waals surface area contributed by atoms with Crippen LogP contribution < -0.4 is 14.4 Å². The number of nitrogens with one attached hydrogen (secondary N) is 1. The molecule has 4 rings (SSSR count). The Morgan fingerprint density at radius 1 is 1.22 bits per heavy atom. The number of carbonyl (C=O) groups excluding carboxylic acids is 2. The molecule has 0 radical (unpaired) electrons. The first-order chi connectivity index (χ1) is 18.9. The van der Waals surface area contributed by atoms with Gasteiger partial charge >= 0.3 is 18.8 Å². The number of anilines is 2. The highest BCUT2D eigenvalue weighted by atomic mass is 32.2. The van der Waals surface area contributed by atoms with Crippen LogP contribution in [0.15, 0.2) is 29.3 Å². The third-order valence-corrected chi connectivity index (χ3v) is 8.98. The summed E-state index contributed by atoms with van der Waals surface area (Å²) in [5, 5.41) is 5.74. The second-order valence-corrected chi connectivity index (χ2v) is 12.3. The van der Waals surface area contributed by atoms with Crippen LogP contribution in [0.4, 0.5) is 38.1 Å². The zero-order valence-corrected chi connectivity index (χ0v) is 23.4. The summed E-state index contributed by atoms with van der Waals surface area (Å²) in [5.74, 6) is 0.0541. The van der Waals surface area contributed by atoms with Crippen molar-refractivity contribution in [3.8, 4) is 5.75 Å². The molecular formula is C25H29F5N4O6S. The molecule has 1 aromatic carbocycles. The largest absolute Gasteiger partial charge is 0.486 e. The highest BCUT2D eigenvalue weighted by Gasteiger charge is 2.51. The fraction of sp³-hybridized carbons (Fsp3) is 0.560. The molecule has 1 aromatic heterocycles. The summed E-state index contributed by atoms with van der Waals surface area (Å²) < 4.78 is 106. The number of halogens is 5. The van der Waals surface area contributed by atoms with Crippen LogP contribution in [0.25, 0.3) is 0 Å². The molecule has 0 saturated heterocycles. The molecule has 2 aromatic rings. The number of carbonyl (C=O) groups is 2. The van der Waals surface area contributed by atoms with Gasteiger partial charge in [0.1, 0.15) is 22.5 Å². The minimum Gasteiger partial charge on any atom is -0.486 e. The molecule has 1 amide bonds. The first-order valence-corrected chi connectivity index (χ1v) is 14.1. The SMILES string of the molecule is Cc1nn(C(F)F)cc1S(=O)(=O)N1c2cc(NC(=O)OC(C)(C)C(F)(F)F)ccc2O[C@@H](CCC(=O)C2CC2)[C@H]1C. The van der Waals surface area contributed by atoms with E-state index < -0.39 is 51.5 Å². The van der Waals surface area contributed by atoms with Crippen LogP contribution in [-0.4, -0.2) is 54.0 Å². The molecule has 226 valence electrons. The summed E-state index contributed by atoms with van der Waals surface area (Å²) in [5.41, 5.74) is -3.24. The van der Waals surface area contributed by atoms with Crippen LogP contribution in [0.5, 0.6) is 5.75 Å². The summed E-state index contributed by atoms with van der Waals surface area (Å²) in [7, 11) is -4.58. The quantitative estimate of drug-likeness (QED) is 0.369. The highest BCUT2D eigenvalue weighted by molar-refractivity contribution is 7.93. The Labute approximate surface area is 232 Å². The predicted octanol–water partition coefficient (Wildman–Crippen LogP) is 5.58. The van der Waals surface area contributed by atoms with E-state index in [-0.39, 0.29) is 52.0 Å². The number of alkyl halides is 5. The molecule has 10 nitrogen and oxygen atoms in total. The van der Waals surface area contributed by atoms with Gasteiger partial charge < -0.3 is 9.47 Å². The maximum atomic E-state index is 13.9. The van der Waals surface area contributed by atoms with Crippen LogP contribution in [0.1, 0.15) is 58.7 Å². The lowest BCUT2D eigenvalue weighted by Crippen LogP contribution is -2.51. The maximum Gasteiger partial charge on any atom is 0.427 e. The van der Waals surface area contributed by atoms with E-state index in [1.165, 1.54) is 26.0 Å². The molecule has 2 atom stereocenters. The molecule has 1 aliphatic heterocycles. The average molecular weight is 609 g/mol. The van der Waals surface area contributed by atoms with Gasteiger partial charge in [-0.3, -0.25) is 14.4 Å². The van der Waals surface area contributed by atoms with Crippen molar-refractivity contribution in [1.29, 1.82) is 0 Å². The van der Waals surface area contributed by atoms with Crippen LogP contribution in [0, 0.1) is 12.8 Å². The molecule has 0 spiro atoms. The number of amides is 1. The molecule has 0 bridgehead atoms. The summed E-state index contributed by atoms with van der Waals surface area (Å²) in [6.07, 6.45) is -4.49. The number of aryl methyl sites for hydroxylation is 1. The summed E-state index contributed by atoms with van der Waals surface area (Å²) >= 11 is 0. The number of ketones is 1. The number of hydrogen-bond acceptors (Lipinski definition) is 7. The van der Waals surface area contributed by atoms with Gasteiger partial charge in [0.05, 0.1) is 23.6 Å². The standard InChI is InChI=1S/C25H29F5N4O6S/c1-13-21(12-33(32-13)22(26)27)41(37,38)34-14(2)19(10-8-18(35)15-5-6-15)39-20-9-7-16(11-17(20)34)31-23(36)40-24(3,4)25(28,29)30/h7,9,11-12,14-15,19,22H,5-6,8,10H2,1-4H3,(H,31,36)/t14-,19+/m1/s1. The van der Waals surface area contributed by atoms with Gasteiger partial charge in [-0.1, -0.05) is 0 Å². The van der Waals surface area contributed by atoms with Crippen LogP contribution in [0.3, 0.4) is 0 Å². The number of ether oxygens (including phenoxy) is 2.